The molecule has 30 heavy (non-hydrogen) atoms. The first-order valence-corrected chi connectivity index (χ1v) is 9.40. The lowest BCUT2D eigenvalue weighted by atomic mass is 10.1. The van der Waals surface area contributed by atoms with Gasteiger partial charge in [0.25, 0.3) is 17.4 Å². The maximum atomic E-state index is 12.5. The highest BCUT2D eigenvalue weighted by Gasteiger charge is 2.37. The minimum atomic E-state index is -0.616. The molecule has 0 atom stereocenters. The number of halogens is 2. The largest absolute Gasteiger partial charge is 0.325 e. The van der Waals surface area contributed by atoms with Gasteiger partial charge in [-0.3, -0.25) is 24.1 Å². The number of nitrogens with zero attached hydrogens (tertiary/aromatic N) is 2. The molecule has 0 fully saturated rings. The zero-order valence-electron chi connectivity index (χ0n) is 15.1. The summed E-state index contributed by atoms with van der Waals surface area (Å²) in [5.41, 5.74) is 1.50. The zero-order chi connectivity index (χ0) is 21.4. The maximum Gasteiger partial charge on any atom is 0.264 e. The van der Waals surface area contributed by atoms with Gasteiger partial charge in [-0.1, -0.05) is 35.3 Å². The molecular weight excluding hydrogens is 431 g/mol. The Kier molecular flexibility index (Phi) is 5.11. The third-order valence-corrected chi connectivity index (χ3v) is 5.16. The number of rotatable bonds is 4. The van der Waals surface area contributed by atoms with E-state index < -0.39 is 24.3 Å². The molecule has 3 amide bonds. The predicted octanol–water partition coefficient (Wildman–Crippen LogP) is 2.98. The highest BCUT2D eigenvalue weighted by atomic mass is 35.5. The molecule has 2 heterocycles. The summed E-state index contributed by atoms with van der Waals surface area (Å²) in [6.07, 6.45) is 0. The number of H-pyrrole nitrogens is 1. The van der Waals surface area contributed by atoms with Crippen LogP contribution in [0.25, 0.3) is 11.3 Å². The smallest absolute Gasteiger partial charge is 0.264 e. The number of imide groups is 1. The number of fused-ring (bicyclic) bond motifs is 1. The van der Waals surface area contributed by atoms with Gasteiger partial charge >= 0.3 is 0 Å². The third kappa shape index (κ3) is 3.70. The van der Waals surface area contributed by atoms with Crippen LogP contribution in [-0.2, 0) is 4.79 Å². The number of aromatic amines is 1. The maximum absolute atomic E-state index is 12.5. The van der Waals surface area contributed by atoms with Gasteiger partial charge < -0.3 is 5.32 Å². The van der Waals surface area contributed by atoms with Crippen molar-refractivity contribution in [2.45, 2.75) is 0 Å². The average molecular weight is 443 g/mol. The third-order valence-electron chi connectivity index (χ3n) is 4.43. The molecule has 0 aliphatic carbocycles. The Hall–Kier alpha value is -3.49. The summed E-state index contributed by atoms with van der Waals surface area (Å²) >= 11 is 11.8. The Morgan fingerprint density at radius 2 is 1.63 bits per heavy atom. The van der Waals surface area contributed by atoms with Crippen LogP contribution in [0.4, 0.5) is 5.69 Å². The first-order chi connectivity index (χ1) is 14.3. The molecule has 3 aromatic rings. The van der Waals surface area contributed by atoms with Gasteiger partial charge in [0.05, 0.1) is 26.9 Å². The monoisotopic (exact) mass is 442 g/mol. The predicted molar refractivity (Wildman–Crippen MR) is 111 cm³/mol. The number of carbonyl (C=O) groups is 3. The van der Waals surface area contributed by atoms with Crippen molar-refractivity contribution < 1.29 is 14.4 Å². The van der Waals surface area contributed by atoms with E-state index in [1.807, 2.05) is 0 Å². The molecule has 2 N–H and O–H groups in total. The molecule has 10 heteroatoms. The van der Waals surface area contributed by atoms with Crippen molar-refractivity contribution in [1.29, 1.82) is 0 Å². The number of carbonyl (C=O) groups excluding carboxylic acids is 3. The van der Waals surface area contributed by atoms with Crippen LogP contribution in [-0.4, -0.2) is 39.4 Å². The number of nitrogens with one attached hydrogen (secondary N) is 2. The molecule has 1 aliphatic rings. The van der Waals surface area contributed by atoms with E-state index in [4.69, 9.17) is 23.2 Å². The van der Waals surface area contributed by atoms with E-state index in [2.05, 4.69) is 15.5 Å². The standard InChI is InChI=1S/C20H12Cl2N4O4/c21-14-7-12-13(8-15(14)22)20(30)26(19(12)29)9-18(28)23-11-3-1-2-10(6-11)16-4-5-17(27)25-24-16/h1-8H,9H2,(H,23,28)(H,25,27). The molecule has 0 saturated carbocycles. The van der Waals surface area contributed by atoms with Gasteiger partial charge in [0.1, 0.15) is 6.54 Å². The Balaban J connectivity index is 1.50. The molecule has 0 bridgehead atoms. The molecule has 1 aromatic heterocycles. The second-order valence-electron chi connectivity index (χ2n) is 6.44. The van der Waals surface area contributed by atoms with Crippen LogP contribution in [0.15, 0.2) is 53.3 Å². The minimum Gasteiger partial charge on any atom is -0.325 e. The quantitative estimate of drug-likeness (QED) is 0.603. The van der Waals surface area contributed by atoms with Crippen molar-refractivity contribution in [2.75, 3.05) is 11.9 Å². The van der Waals surface area contributed by atoms with Crippen molar-refractivity contribution >= 4 is 46.6 Å². The fraction of sp³-hybridized carbons (Fsp3) is 0.0500. The molecule has 2 aromatic carbocycles. The second-order valence-corrected chi connectivity index (χ2v) is 7.26. The highest BCUT2D eigenvalue weighted by Crippen LogP contribution is 2.31. The Morgan fingerprint density at radius 3 is 2.23 bits per heavy atom. The van der Waals surface area contributed by atoms with Gasteiger partial charge in [-0.2, -0.15) is 5.10 Å². The van der Waals surface area contributed by atoms with Crippen molar-refractivity contribution in [1.82, 2.24) is 15.1 Å². The highest BCUT2D eigenvalue weighted by molar-refractivity contribution is 6.43. The van der Waals surface area contributed by atoms with Gasteiger partial charge in [-0.25, -0.2) is 5.10 Å². The SMILES string of the molecule is O=C(CN1C(=O)c2cc(Cl)c(Cl)cc2C1=O)Nc1cccc(-c2ccc(=O)[nH]n2)c1. The van der Waals surface area contributed by atoms with Crippen LogP contribution in [0.5, 0.6) is 0 Å². The lowest BCUT2D eigenvalue weighted by molar-refractivity contribution is -0.116. The van der Waals surface area contributed by atoms with E-state index in [1.165, 1.54) is 18.2 Å². The fourth-order valence-corrected chi connectivity index (χ4v) is 3.36. The Bertz CT molecular complexity index is 1210. The van der Waals surface area contributed by atoms with E-state index in [-0.39, 0.29) is 26.7 Å². The summed E-state index contributed by atoms with van der Waals surface area (Å²) in [5, 5.41) is 9.22. The van der Waals surface area contributed by atoms with Crippen LogP contribution in [0.1, 0.15) is 20.7 Å². The summed E-state index contributed by atoms with van der Waals surface area (Å²) in [6, 6.07) is 12.3. The molecule has 0 radical (unpaired) electrons. The van der Waals surface area contributed by atoms with Crippen molar-refractivity contribution in [3.05, 3.63) is 80.1 Å². The molecular formula is C20H12Cl2N4O4. The Morgan fingerprint density at radius 1 is 0.967 bits per heavy atom. The topological polar surface area (TPSA) is 112 Å². The first-order valence-electron chi connectivity index (χ1n) is 8.65. The number of benzene rings is 2. The number of anilines is 1. The fourth-order valence-electron chi connectivity index (χ4n) is 3.03. The van der Waals surface area contributed by atoms with Crippen LogP contribution < -0.4 is 10.9 Å². The van der Waals surface area contributed by atoms with Gasteiger partial charge in [0.15, 0.2) is 0 Å². The molecule has 4 rings (SSSR count). The molecule has 0 unspecified atom stereocenters. The van der Waals surface area contributed by atoms with E-state index in [0.29, 0.717) is 16.9 Å². The first kappa shape index (κ1) is 19.8. The minimum absolute atomic E-state index is 0.105. The van der Waals surface area contributed by atoms with Crippen molar-refractivity contribution in [3.63, 3.8) is 0 Å². The summed E-state index contributed by atoms with van der Waals surface area (Å²) in [4.78, 5) is 49.5. The molecule has 8 nitrogen and oxygen atoms in total. The van der Waals surface area contributed by atoms with Crippen LogP contribution in [0.2, 0.25) is 10.0 Å². The van der Waals surface area contributed by atoms with E-state index in [0.717, 1.165) is 4.90 Å². The average Bonchev–Trinajstić information content (AvgIpc) is 2.93. The van der Waals surface area contributed by atoms with Gasteiger partial charge in [0.2, 0.25) is 5.91 Å². The summed E-state index contributed by atoms with van der Waals surface area (Å²) < 4.78 is 0. The van der Waals surface area contributed by atoms with Crippen molar-refractivity contribution in [2.24, 2.45) is 0 Å². The lowest BCUT2D eigenvalue weighted by Gasteiger charge is -2.14. The zero-order valence-corrected chi connectivity index (χ0v) is 16.6. The molecule has 0 saturated heterocycles. The van der Waals surface area contributed by atoms with E-state index in [9.17, 15) is 19.2 Å². The summed E-state index contributed by atoms with van der Waals surface area (Å²) in [7, 11) is 0. The van der Waals surface area contributed by atoms with E-state index >= 15 is 0 Å². The van der Waals surface area contributed by atoms with Gasteiger partial charge in [-0.05, 0) is 30.3 Å². The number of hydrogen-bond donors (Lipinski definition) is 2. The number of amides is 3. The van der Waals surface area contributed by atoms with Gasteiger partial charge in [0, 0.05) is 17.3 Å². The normalized spacial score (nSPS) is 12.8. The van der Waals surface area contributed by atoms with E-state index in [1.54, 1.807) is 30.3 Å². The van der Waals surface area contributed by atoms with Crippen LogP contribution in [0.3, 0.4) is 0 Å². The summed E-state index contributed by atoms with van der Waals surface area (Å²) in [6.45, 7) is -0.470. The molecule has 150 valence electrons. The van der Waals surface area contributed by atoms with Crippen LogP contribution in [0, 0.1) is 0 Å². The molecule has 1 aliphatic heterocycles. The van der Waals surface area contributed by atoms with Crippen molar-refractivity contribution in [3.8, 4) is 11.3 Å². The number of aromatic nitrogens is 2. The lowest BCUT2D eigenvalue weighted by Crippen LogP contribution is -2.37. The number of hydrogen-bond acceptors (Lipinski definition) is 5. The van der Waals surface area contributed by atoms with Crippen LogP contribution >= 0.6 is 23.2 Å². The van der Waals surface area contributed by atoms with Gasteiger partial charge in [-0.15, -0.1) is 0 Å². The second kappa shape index (κ2) is 7.74. The summed E-state index contributed by atoms with van der Waals surface area (Å²) in [5.74, 6) is -1.79. The molecule has 0 spiro atoms. The Labute approximate surface area is 179 Å².